The number of fused-ring (bicyclic) bond motifs is 1. The first-order valence-electron chi connectivity index (χ1n) is 3.22. The number of phenolic OH excluding ortho intramolecular Hbond substituents is 2. The molecule has 0 aliphatic heterocycles. The molecule has 0 spiro atoms. The fourth-order valence-electron chi connectivity index (χ4n) is 1.02. The zero-order valence-corrected chi connectivity index (χ0v) is 6.68. The van der Waals surface area contributed by atoms with Crippen LogP contribution in [-0.2, 0) is 0 Å². The van der Waals surface area contributed by atoms with Crippen molar-refractivity contribution in [3.05, 3.63) is 22.5 Å². The number of rotatable bonds is 0. The van der Waals surface area contributed by atoms with Crippen LogP contribution in [0.3, 0.4) is 0 Å². The van der Waals surface area contributed by atoms with Gasteiger partial charge in [0.25, 0.3) is 5.56 Å². The summed E-state index contributed by atoms with van der Waals surface area (Å²) in [5, 5.41) is 18.5. The molecule has 1 aromatic carbocycles. The van der Waals surface area contributed by atoms with E-state index in [0.29, 0.717) is 4.70 Å². The van der Waals surface area contributed by atoms with Gasteiger partial charge in [0.05, 0.1) is 4.70 Å². The van der Waals surface area contributed by atoms with Crippen LogP contribution in [0.2, 0.25) is 0 Å². The molecule has 0 radical (unpaired) electrons. The van der Waals surface area contributed by atoms with Gasteiger partial charge < -0.3 is 10.2 Å². The molecular weight excluding hydrogens is 178 g/mol. The van der Waals surface area contributed by atoms with E-state index < -0.39 is 0 Å². The molecule has 2 aromatic rings. The number of benzene rings is 1. The second kappa shape index (κ2) is 2.25. The summed E-state index contributed by atoms with van der Waals surface area (Å²) in [5.41, 5.74) is -0.372. The lowest BCUT2D eigenvalue weighted by atomic mass is 10.2. The molecule has 0 saturated heterocycles. The van der Waals surface area contributed by atoms with Crippen molar-refractivity contribution in [2.75, 3.05) is 0 Å². The highest BCUT2D eigenvalue weighted by Gasteiger charge is 2.09. The summed E-state index contributed by atoms with van der Waals surface area (Å²) in [6.07, 6.45) is 0. The molecule has 0 bridgehead atoms. The number of phenols is 2. The summed E-state index contributed by atoms with van der Waals surface area (Å²) in [4.78, 5) is 11.0. The van der Waals surface area contributed by atoms with E-state index in [4.69, 9.17) is 5.11 Å². The number of aromatic hydroxyl groups is 2. The number of hydrogen-bond acceptors (Lipinski definition) is 4. The standard InChI is InChI=1S/C7H5NO3S/c9-3-1-2-4-5(6(3)10)7(11)8-12-4/h1-2,9-10H,(H,8,11). The molecule has 1 heterocycles. The van der Waals surface area contributed by atoms with E-state index in [1.807, 2.05) is 0 Å². The van der Waals surface area contributed by atoms with E-state index in [1.54, 1.807) is 6.07 Å². The van der Waals surface area contributed by atoms with E-state index in [0.717, 1.165) is 11.5 Å². The molecule has 4 nitrogen and oxygen atoms in total. The Bertz CT molecular complexity index is 485. The minimum atomic E-state index is -0.372. The molecule has 0 atom stereocenters. The number of hydrogen-bond donors (Lipinski definition) is 3. The van der Waals surface area contributed by atoms with Crippen molar-refractivity contribution in [1.82, 2.24) is 4.37 Å². The third-order valence-corrected chi connectivity index (χ3v) is 2.45. The monoisotopic (exact) mass is 183 g/mol. The summed E-state index contributed by atoms with van der Waals surface area (Å²) in [6.45, 7) is 0. The molecule has 12 heavy (non-hydrogen) atoms. The van der Waals surface area contributed by atoms with Gasteiger partial charge in [-0.25, -0.2) is 0 Å². The normalized spacial score (nSPS) is 10.7. The van der Waals surface area contributed by atoms with Gasteiger partial charge in [-0.05, 0) is 12.1 Å². The van der Waals surface area contributed by atoms with Gasteiger partial charge in [0.1, 0.15) is 5.39 Å². The summed E-state index contributed by atoms with van der Waals surface area (Å²) in [6, 6.07) is 2.92. The van der Waals surface area contributed by atoms with Gasteiger partial charge in [0.2, 0.25) is 0 Å². The largest absolute Gasteiger partial charge is 0.504 e. The average molecular weight is 183 g/mol. The van der Waals surface area contributed by atoms with E-state index >= 15 is 0 Å². The number of aromatic amines is 1. The second-order valence-electron chi connectivity index (χ2n) is 2.34. The van der Waals surface area contributed by atoms with Gasteiger partial charge in [-0.2, -0.15) is 0 Å². The Kier molecular flexibility index (Phi) is 1.34. The number of aromatic nitrogens is 1. The predicted octanol–water partition coefficient (Wildman–Crippen LogP) is 1.00. The van der Waals surface area contributed by atoms with Crippen molar-refractivity contribution < 1.29 is 10.2 Å². The Labute approximate surface area is 70.9 Å². The maximum absolute atomic E-state index is 11.0. The Balaban J connectivity index is 3.06. The minimum Gasteiger partial charge on any atom is -0.504 e. The van der Waals surface area contributed by atoms with Crippen molar-refractivity contribution in [2.45, 2.75) is 0 Å². The molecule has 0 unspecified atom stereocenters. The zero-order chi connectivity index (χ0) is 8.72. The van der Waals surface area contributed by atoms with Crippen molar-refractivity contribution in [2.24, 2.45) is 0 Å². The van der Waals surface area contributed by atoms with Gasteiger partial charge in [-0.1, -0.05) is 11.5 Å². The smallest absolute Gasteiger partial charge is 0.269 e. The molecule has 3 N–H and O–H groups in total. The van der Waals surface area contributed by atoms with Crippen LogP contribution in [-0.4, -0.2) is 14.6 Å². The highest BCUT2D eigenvalue weighted by molar-refractivity contribution is 7.13. The van der Waals surface area contributed by atoms with Crippen molar-refractivity contribution in [3.8, 4) is 11.5 Å². The van der Waals surface area contributed by atoms with Gasteiger partial charge in [-0.3, -0.25) is 9.17 Å². The summed E-state index contributed by atoms with van der Waals surface area (Å²) in [5.74, 6) is -0.624. The van der Waals surface area contributed by atoms with E-state index in [9.17, 15) is 9.90 Å². The maximum atomic E-state index is 11.0. The summed E-state index contributed by atoms with van der Waals surface area (Å²) >= 11 is 1.13. The Hall–Kier alpha value is -1.49. The first-order chi connectivity index (χ1) is 5.70. The SMILES string of the molecule is O=c1[nH]sc2ccc(O)c(O)c12. The molecule has 0 aliphatic rings. The molecule has 5 heteroatoms. The van der Waals surface area contributed by atoms with Crippen LogP contribution in [0.1, 0.15) is 0 Å². The lowest BCUT2D eigenvalue weighted by Crippen LogP contribution is -1.96. The van der Waals surface area contributed by atoms with Crippen LogP contribution in [0, 0.1) is 0 Å². The molecule has 0 amide bonds. The van der Waals surface area contributed by atoms with Crippen LogP contribution in [0.5, 0.6) is 11.5 Å². The Morgan fingerprint density at radius 1 is 1.33 bits per heavy atom. The average Bonchev–Trinajstić information content (AvgIpc) is 2.41. The van der Waals surface area contributed by atoms with Crippen LogP contribution in [0.4, 0.5) is 0 Å². The molecular formula is C7H5NO3S. The van der Waals surface area contributed by atoms with Crippen molar-refractivity contribution in [3.63, 3.8) is 0 Å². The molecule has 0 saturated carbocycles. The fourth-order valence-corrected chi connectivity index (χ4v) is 1.75. The predicted molar refractivity (Wildman–Crippen MR) is 45.8 cm³/mol. The highest BCUT2D eigenvalue weighted by Crippen LogP contribution is 2.32. The van der Waals surface area contributed by atoms with Crippen LogP contribution < -0.4 is 5.56 Å². The summed E-state index contributed by atoms with van der Waals surface area (Å²) < 4.78 is 3.09. The minimum absolute atomic E-state index is 0.153. The Morgan fingerprint density at radius 2 is 2.08 bits per heavy atom. The molecule has 2 rings (SSSR count). The third-order valence-electron chi connectivity index (χ3n) is 1.60. The maximum Gasteiger partial charge on any atom is 0.269 e. The van der Waals surface area contributed by atoms with Crippen molar-refractivity contribution in [1.29, 1.82) is 0 Å². The molecule has 0 fully saturated rings. The second-order valence-corrected chi connectivity index (χ2v) is 3.19. The molecule has 0 aliphatic carbocycles. The van der Waals surface area contributed by atoms with Crippen LogP contribution >= 0.6 is 11.5 Å². The first-order valence-corrected chi connectivity index (χ1v) is 4.04. The Morgan fingerprint density at radius 3 is 2.83 bits per heavy atom. The van der Waals surface area contributed by atoms with Gasteiger partial charge in [0, 0.05) is 0 Å². The van der Waals surface area contributed by atoms with E-state index in [-0.39, 0.29) is 22.4 Å². The van der Waals surface area contributed by atoms with E-state index in [2.05, 4.69) is 4.37 Å². The topological polar surface area (TPSA) is 73.3 Å². The van der Waals surface area contributed by atoms with Gasteiger partial charge in [-0.15, -0.1) is 0 Å². The molecule has 62 valence electrons. The lowest BCUT2D eigenvalue weighted by Gasteiger charge is -1.95. The first kappa shape index (κ1) is 7.17. The fraction of sp³-hybridized carbons (Fsp3) is 0. The van der Waals surface area contributed by atoms with Gasteiger partial charge in [0.15, 0.2) is 11.5 Å². The lowest BCUT2D eigenvalue weighted by molar-refractivity contribution is 0.408. The quantitative estimate of drug-likeness (QED) is 0.533. The summed E-state index contributed by atoms with van der Waals surface area (Å²) in [7, 11) is 0. The third kappa shape index (κ3) is 0.799. The number of H-pyrrole nitrogens is 1. The van der Waals surface area contributed by atoms with Crippen LogP contribution in [0.15, 0.2) is 16.9 Å². The number of nitrogens with one attached hydrogen (secondary N) is 1. The highest BCUT2D eigenvalue weighted by atomic mass is 32.1. The van der Waals surface area contributed by atoms with Crippen molar-refractivity contribution >= 4 is 21.6 Å². The van der Waals surface area contributed by atoms with Gasteiger partial charge >= 0.3 is 0 Å². The zero-order valence-electron chi connectivity index (χ0n) is 5.87. The van der Waals surface area contributed by atoms with E-state index in [1.165, 1.54) is 6.07 Å². The van der Waals surface area contributed by atoms with Crippen LogP contribution in [0.25, 0.3) is 10.1 Å². The molecule has 1 aromatic heterocycles.